The summed E-state index contributed by atoms with van der Waals surface area (Å²) in [5, 5.41) is 8.93. The number of aliphatic hydroxyl groups excluding tert-OH is 1. The Balaban J connectivity index is 2.09. The second-order valence-electron chi connectivity index (χ2n) is 4.56. The van der Waals surface area contributed by atoms with Gasteiger partial charge in [-0.25, -0.2) is 0 Å². The van der Waals surface area contributed by atoms with Crippen LogP contribution in [-0.2, 0) is 6.61 Å². The summed E-state index contributed by atoms with van der Waals surface area (Å²) >= 11 is 0. The third kappa shape index (κ3) is 2.50. The predicted molar refractivity (Wildman–Crippen MR) is 57.6 cm³/mol. The van der Waals surface area contributed by atoms with Crippen LogP contribution in [0, 0.1) is 5.92 Å². The zero-order chi connectivity index (χ0) is 10.8. The van der Waals surface area contributed by atoms with Gasteiger partial charge in [0.25, 0.3) is 6.01 Å². The summed E-state index contributed by atoms with van der Waals surface area (Å²) in [4.78, 5) is 6.46. The highest BCUT2D eigenvalue weighted by Crippen LogP contribution is 2.31. The normalized spacial score (nSPS) is 16.0. The van der Waals surface area contributed by atoms with Crippen molar-refractivity contribution in [3.05, 3.63) is 12.0 Å². The third-order valence-electron chi connectivity index (χ3n) is 2.50. The molecule has 1 aliphatic rings. The zero-order valence-corrected chi connectivity index (χ0v) is 9.31. The van der Waals surface area contributed by atoms with E-state index in [9.17, 15) is 0 Å². The maximum absolute atomic E-state index is 8.93. The monoisotopic (exact) mass is 210 g/mol. The Hall–Kier alpha value is -1.03. The standard InChI is InChI=1S/C11H18N2O2/c1-8(2)5-13(10-3-4-10)11-12-9(6-14)7-15-11/h7-8,10,14H,3-6H2,1-2H3. The minimum Gasteiger partial charge on any atom is -0.432 e. The van der Waals surface area contributed by atoms with Crippen LogP contribution in [-0.4, -0.2) is 22.7 Å². The Kier molecular flexibility index (Phi) is 2.95. The Morgan fingerprint density at radius 3 is 2.80 bits per heavy atom. The van der Waals surface area contributed by atoms with Crippen molar-refractivity contribution in [2.75, 3.05) is 11.4 Å². The third-order valence-corrected chi connectivity index (χ3v) is 2.50. The number of anilines is 1. The van der Waals surface area contributed by atoms with Crippen LogP contribution >= 0.6 is 0 Å². The molecular formula is C11H18N2O2. The number of aliphatic hydroxyl groups is 1. The van der Waals surface area contributed by atoms with Crippen LogP contribution in [0.4, 0.5) is 6.01 Å². The van der Waals surface area contributed by atoms with Gasteiger partial charge in [-0.1, -0.05) is 13.8 Å². The number of rotatable bonds is 5. The minimum absolute atomic E-state index is 0.0519. The van der Waals surface area contributed by atoms with E-state index in [1.165, 1.54) is 19.1 Å². The van der Waals surface area contributed by atoms with Gasteiger partial charge in [-0.15, -0.1) is 0 Å². The predicted octanol–water partition coefficient (Wildman–Crippen LogP) is 1.79. The number of hydrogen-bond donors (Lipinski definition) is 1. The van der Waals surface area contributed by atoms with Crippen LogP contribution in [0.25, 0.3) is 0 Å². The zero-order valence-electron chi connectivity index (χ0n) is 9.31. The molecule has 1 aliphatic carbocycles. The van der Waals surface area contributed by atoms with Crippen molar-refractivity contribution >= 4 is 6.01 Å². The Labute approximate surface area is 89.9 Å². The van der Waals surface area contributed by atoms with E-state index in [4.69, 9.17) is 9.52 Å². The molecule has 84 valence electrons. The SMILES string of the molecule is CC(C)CN(c1nc(CO)co1)C1CC1. The van der Waals surface area contributed by atoms with E-state index in [1.54, 1.807) is 0 Å². The lowest BCUT2D eigenvalue weighted by molar-refractivity contribution is 0.276. The molecule has 0 aliphatic heterocycles. The van der Waals surface area contributed by atoms with Crippen LogP contribution in [0.3, 0.4) is 0 Å². The van der Waals surface area contributed by atoms with Gasteiger partial charge in [-0.3, -0.25) is 0 Å². The van der Waals surface area contributed by atoms with Gasteiger partial charge in [0.2, 0.25) is 0 Å². The Morgan fingerprint density at radius 1 is 1.60 bits per heavy atom. The van der Waals surface area contributed by atoms with Crippen molar-refractivity contribution in [1.29, 1.82) is 0 Å². The lowest BCUT2D eigenvalue weighted by atomic mass is 10.2. The van der Waals surface area contributed by atoms with Gasteiger partial charge in [0.05, 0.1) is 6.61 Å². The molecule has 0 saturated heterocycles. The minimum atomic E-state index is -0.0519. The Morgan fingerprint density at radius 2 is 2.33 bits per heavy atom. The first-order valence-corrected chi connectivity index (χ1v) is 5.52. The van der Waals surface area contributed by atoms with Crippen LogP contribution < -0.4 is 4.90 Å². The smallest absolute Gasteiger partial charge is 0.297 e. The molecule has 0 aromatic carbocycles. The van der Waals surface area contributed by atoms with Gasteiger partial charge >= 0.3 is 0 Å². The molecule has 0 amide bonds. The molecule has 0 bridgehead atoms. The van der Waals surface area contributed by atoms with Crippen molar-refractivity contribution in [2.24, 2.45) is 5.92 Å². The number of nitrogens with zero attached hydrogens (tertiary/aromatic N) is 2. The largest absolute Gasteiger partial charge is 0.432 e. The molecule has 1 aromatic heterocycles. The highest BCUT2D eigenvalue weighted by Gasteiger charge is 2.32. The van der Waals surface area contributed by atoms with Crippen LogP contribution in [0.5, 0.6) is 0 Å². The van der Waals surface area contributed by atoms with Crippen LogP contribution in [0.15, 0.2) is 10.7 Å². The topological polar surface area (TPSA) is 49.5 Å². The summed E-state index contributed by atoms with van der Waals surface area (Å²) < 4.78 is 5.37. The highest BCUT2D eigenvalue weighted by atomic mass is 16.4. The molecule has 1 fully saturated rings. The fourth-order valence-electron chi connectivity index (χ4n) is 1.66. The van der Waals surface area contributed by atoms with Gasteiger partial charge < -0.3 is 14.4 Å². The molecule has 0 radical (unpaired) electrons. The first-order chi connectivity index (χ1) is 7.20. The molecule has 0 spiro atoms. The fraction of sp³-hybridized carbons (Fsp3) is 0.727. The number of hydrogen-bond acceptors (Lipinski definition) is 4. The van der Waals surface area contributed by atoms with E-state index in [1.807, 2.05) is 0 Å². The van der Waals surface area contributed by atoms with E-state index in [0.717, 1.165) is 6.54 Å². The van der Waals surface area contributed by atoms with E-state index < -0.39 is 0 Å². The first kappa shape index (κ1) is 10.5. The molecule has 0 unspecified atom stereocenters. The lowest BCUT2D eigenvalue weighted by Gasteiger charge is -2.21. The second-order valence-corrected chi connectivity index (χ2v) is 4.56. The summed E-state index contributed by atoms with van der Waals surface area (Å²) in [7, 11) is 0. The fourth-order valence-corrected chi connectivity index (χ4v) is 1.66. The van der Waals surface area contributed by atoms with Gasteiger partial charge in [-0.2, -0.15) is 4.98 Å². The molecule has 1 heterocycles. The molecule has 4 nitrogen and oxygen atoms in total. The molecule has 1 aromatic rings. The summed E-state index contributed by atoms with van der Waals surface area (Å²) in [5.41, 5.74) is 0.611. The van der Waals surface area contributed by atoms with E-state index >= 15 is 0 Å². The van der Waals surface area contributed by atoms with Crippen molar-refractivity contribution in [2.45, 2.75) is 39.3 Å². The summed E-state index contributed by atoms with van der Waals surface area (Å²) in [6.45, 7) is 5.29. The summed E-state index contributed by atoms with van der Waals surface area (Å²) in [5.74, 6) is 0.593. The van der Waals surface area contributed by atoms with Crippen LogP contribution in [0.1, 0.15) is 32.4 Å². The van der Waals surface area contributed by atoms with E-state index in [0.29, 0.717) is 23.7 Å². The second kappa shape index (κ2) is 4.23. The lowest BCUT2D eigenvalue weighted by Crippen LogP contribution is -2.30. The molecule has 1 saturated carbocycles. The molecule has 0 atom stereocenters. The molecule has 1 N–H and O–H groups in total. The van der Waals surface area contributed by atoms with E-state index in [-0.39, 0.29) is 6.61 Å². The number of oxazole rings is 1. The maximum atomic E-state index is 8.93. The van der Waals surface area contributed by atoms with Gasteiger partial charge in [0.15, 0.2) is 0 Å². The maximum Gasteiger partial charge on any atom is 0.297 e. The highest BCUT2D eigenvalue weighted by molar-refractivity contribution is 5.31. The molecule has 4 heteroatoms. The Bertz CT molecular complexity index is 318. The van der Waals surface area contributed by atoms with Gasteiger partial charge in [0, 0.05) is 12.6 Å². The molecule has 2 rings (SSSR count). The molecular weight excluding hydrogens is 192 g/mol. The quantitative estimate of drug-likeness (QED) is 0.805. The summed E-state index contributed by atoms with van der Waals surface area (Å²) in [6, 6.07) is 1.26. The molecule has 15 heavy (non-hydrogen) atoms. The van der Waals surface area contributed by atoms with Crippen molar-refractivity contribution < 1.29 is 9.52 Å². The van der Waals surface area contributed by atoms with Crippen LogP contribution in [0.2, 0.25) is 0 Å². The van der Waals surface area contributed by atoms with Crippen molar-refractivity contribution in [1.82, 2.24) is 4.98 Å². The number of aromatic nitrogens is 1. The van der Waals surface area contributed by atoms with Gasteiger partial charge in [-0.05, 0) is 18.8 Å². The summed E-state index contributed by atoms with van der Waals surface area (Å²) in [6.07, 6.45) is 3.98. The van der Waals surface area contributed by atoms with Crippen molar-refractivity contribution in [3.8, 4) is 0 Å². The first-order valence-electron chi connectivity index (χ1n) is 5.52. The average molecular weight is 210 g/mol. The average Bonchev–Trinajstić information content (AvgIpc) is 2.92. The van der Waals surface area contributed by atoms with E-state index in [2.05, 4.69) is 23.7 Å². The van der Waals surface area contributed by atoms with Crippen molar-refractivity contribution in [3.63, 3.8) is 0 Å². The van der Waals surface area contributed by atoms with Gasteiger partial charge in [0.1, 0.15) is 12.0 Å².